The second-order valence-corrected chi connectivity index (χ2v) is 5.36. The molecule has 0 bridgehead atoms. The lowest BCUT2D eigenvalue weighted by atomic mass is 10.1. The smallest absolute Gasteiger partial charge is 0.165 e. The fourth-order valence-corrected chi connectivity index (χ4v) is 2.28. The quantitative estimate of drug-likeness (QED) is 0.776. The zero-order valence-corrected chi connectivity index (χ0v) is 12.8. The summed E-state index contributed by atoms with van der Waals surface area (Å²) in [7, 11) is 2.18. The molecule has 4 nitrogen and oxygen atoms in total. The molecular formula is C16H26N2O2. The van der Waals surface area contributed by atoms with Crippen LogP contribution in [0.5, 0.6) is 11.5 Å². The van der Waals surface area contributed by atoms with Crippen molar-refractivity contribution in [1.82, 2.24) is 10.2 Å². The van der Waals surface area contributed by atoms with E-state index in [2.05, 4.69) is 37.2 Å². The maximum atomic E-state index is 5.71. The number of hydrogen-bond acceptors (Lipinski definition) is 4. The normalized spacial score (nSPS) is 15.4. The van der Waals surface area contributed by atoms with Crippen molar-refractivity contribution >= 4 is 0 Å². The van der Waals surface area contributed by atoms with E-state index in [1.807, 2.05) is 12.1 Å². The Morgan fingerprint density at radius 1 is 1.30 bits per heavy atom. The van der Waals surface area contributed by atoms with Gasteiger partial charge in [-0.05, 0) is 26.5 Å². The molecule has 1 aliphatic heterocycles. The van der Waals surface area contributed by atoms with Crippen molar-refractivity contribution in [2.75, 3.05) is 33.4 Å². The minimum atomic E-state index is 0.637. The molecule has 1 N–H and O–H groups in total. The number of hydrogen-bond donors (Lipinski definition) is 1. The lowest BCUT2D eigenvalue weighted by molar-refractivity contribution is 0.169. The van der Waals surface area contributed by atoms with Gasteiger partial charge in [-0.15, -0.1) is 0 Å². The SMILES string of the molecule is CCC(C)N(C)CCNCc1cccc2c1OCCO2. The van der Waals surface area contributed by atoms with Gasteiger partial charge in [0, 0.05) is 31.2 Å². The van der Waals surface area contributed by atoms with Gasteiger partial charge in [-0.2, -0.15) is 0 Å². The van der Waals surface area contributed by atoms with Crippen LogP contribution in [0.4, 0.5) is 0 Å². The third-order valence-electron chi connectivity index (χ3n) is 3.95. The molecular weight excluding hydrogens is 252 g/mol. The predicted octanol–water partition coefficient (Wildman–Crippen LogP) is 2.28. The highest BCUT2D eigenvalue weighted by Gasteiger charge is 2.15. The summed E-state index contributed by atoms with van der Waals surface area (Å²) in [6.45, 7) is 8.62. The van der Waals surface area contributed by atoms with Crippen molar-refractivity contribution in [2.45, 2.75) is 32.9 Å². The third kappa shape index (κ3) is 3.87. The molecule has 0 amide bonds. The van der Waals surface area contributed by atoms with E-state index in [1.165, 1.54) is 12.0 Å². The summed E-state index contributed by atoms with van der Waals surface area (Å²) in [5, 5.41) is 3.48. The number of nitrogens with zero attached hydrogens (tertiary/aromatic N) is 1. The van der Waals surface area contributed by atoms with Gasteiger partial charge in [0.2, 0.25) is 0 Å². The summed E-state index contributed by atoms with van der Waals surface area (Å²) in [5.74, 6) is 1.77. The van der Waals surface area contributed by atoms with Crippen molar-refractivity contribution < 1.29 is 9.47 Å². The molecule has 1 atom stereocenters. The summed E-state index contributed by atoms with van der Waals surface area (Å²) in [6.07, 6.45) is 1.19. The molecule has 1 heterocycles. The van der Waals surface area contributed by atoms with Crippen molar-refractivity contribution in [2.24, 2.45) is 0 Å². The number of fused-ring (bicyclic) bond motifs is 1. The van der Waals surface area contributed by atoms with E-state index in [4.69, 9.17) is 9.47 Å². The van der Waals surface area contributed by atoms with E-state index in [1.54, 1.807) is 0 Å². The maximum Gasteiger partial charge on any atom is 0.165 e. The van der Waals surface area contributed by atoms with Crippen LogP contribution in [0.3, 0.4) is 0 Å². The van der Waals surface area contributed by atoms with E-state index in [-0.39, 0.29) is 0 Å². The van der Waals surface area contributed by atoms with Crippen molar-refractivity contribution in [3.8, 4) is 11.5 Å². The van der Waals surface area contributed by atoms with E-state index < -0.39 is 0 Å². The summed E-state index contributed by atoms with van der Waals surface area (Å²) < 4.78 is 11.3. The lowest BCUT2D eigenvalue weighted by Gasteiger charge is -2.24. The second-order valence-electron chi connectivity index (χ2n) is 5.36. The van der Waals surface area contributed by atoms with Crippen LogP contribution in [-0.4, -0.2) is 44.3 Å². The average molecular weight is 278 g/mol. The molecule has 4 heteroatoms. The van der Waals surface area contributed by atoms with Crippen molar-refractivity contribution in [3.05, 3.63) is 23.8 Å². The predicted molar refractivity (Wildman–Crippen MR) is 81.5 cm³/mol. The van der Waals surface area contributed by atoms with Crippen LogP contribution in [0.1, 0.15) is 25.8 Å². The van der Waals surface area contributed by atoms with Crippen LogP contribution in [0.15, 0.2) is 18.2 Å². The molecule has 112 valence electrons. The van der Waals surface area contributed by atoms with Gasteiger partial charge < -0.3 is 19.7 Å². The Balaban J connectivity index is 1.80. The van der Waals surface area contributed by atoms with Gasteiger partial charge in [-0.3, -0.25) is 0 Å². The Kier molecular flexibility index (Phi) is 5.68. The monoisotopic (exact) mass is 278 g/mol. The second kappa shape index (κ2) is 7.50. The summed E-state index contributed by atoms with van der Waals surface area (Å²) in [4.78, 5) is 2.38. The Morgan fingerprint density at radius 3 is 2.90 bits per heavy atom. The molecule has 0 aromatic heterocycles. The van der Waals surface area contributed by atoms with Gasteiger partial charge in [0.1, 0.15) is 13.2 Å². The fourth-order valence-electron chi connectivity index (χ4n) is 2.28. The lowest BCUT2D eigenvalue weighted by Crippen LogP contribution is -2.34. The zero-order valence-electron chi connectivity index (χ0n) is 12.8. The Morgan fingerprint density at radius 2 is 2.10 bits per heavy atom. The summed E-state index contributed by atoms with van der Waals surface area (Å²) >= 11 is 0. The topological polar surface area (TPSA) is 33.7 Å². The molecule has 0 fully saturated rings. The number of rotatable bonds is 7. The molecule has 0 saturated heterocycles. The molecule has 0 spiro atoms. The van der Waals surface area contributed by atoms with Crippen LogP contribution >= 0.6 is 0 Å². The minimum absolute atomic E-state index is 0.637. The number of likely N-dealkylation sites (N-methyl/N-ethyl adjacent to an activating group) is 1. The first-order valence-corrected chi connectivity index (χ1v) is 7.50. The molecule has 0 saturated carbocycles. The highest BCUT2D eigenvalue weighted by Crippen LogP contribution is 2.33. The summed E-state index contributed by atoms with van der Waals surface area (Å²) in [5.41, 5.74) is 1.17. The number of benzene rings is 1. The van der Waals surface area contributed by atoms with Crippen LogP contribution in [-0.2, 0) is 6.54 Å². The van der Waals surface area contributed by atoms with E-state index >= 15 is 0 Å². The van der Waals surface area contributed by atoms with Gasteiger partial charge >= 0.3 is 0 Å². The molecule has 2 rings (SSSR count). The first-order valence-electron chi connectivity index (χ1n) is 7.50. The molecule has 1 aliphatic rings. The Bertz CT molecular complexity index is 423. The third-order valence-corrected chi connectivity index (χ3v) is 3.95. The molecule has 0 radical (unpaired) electrons. The first-order chi connectivity index (χ1) is 9.72. The van der Waals surface area contributed by atoms with Gasteiger partial charge in [0.15, 0.2) is 11.5 Å². The molecule has 20 heavy (non-hydrogen) atoms. The summed E-state index contributed by atoms with van der Waals surface area (Å²) in [6, 6.07) is 6.72. The fraction of sp³-hybridized carbons (Fsp3) is 0.625. The highest BCUT2D eigenvalue weighted by molar-refractivity contribution is 5.47. The van der Waals surface area contributed by atoms with E-state index in [9.17, 15) is 0 Å². The van der Waals surface area contributed by atoms with Gasteiger partial charge in [0.05, 0.1) is 0 Å². The van der Waals surface area contributed by atoms with E-state index in [0.29, 0.717) is 19.3 Å². The van der Waals surface area contributed by atoms with Gasteiger partial charge in [-0.1, -0.05) is 19.1 Å². The maximum absolute atomic E-state index is 5.71. The standard InChI is InChI=1S/C16H26N2O2/c1-4-13(2)18(3)9-8-17-12-14-6-5-7-15-16(14)20-11-10-19-15/h5-7,13,17H,4,8-12H2,1-3H3. The minimum Gasteiger partial charge on any atom is -0.486 e. The number of para-hydroxylation sites is 1. The highest BCUT2D eigenvalue weighted by atomic mass is 16.6. The Labute approximate surface area is 122 Å². The van der Waals surface area contributed by atoms with E-state index in [0.717, 1.165) is 31.1 Å². The number of nitrogens with one attached hydrogen (secondary N) is 1. The van der Waals surface area contributed by atoms with Crippen molar-refractivity contribution in [3.63, 3.8) is 0 Å². The van der Waals surface area contributed by atoms with Gasteiger partial charge in [-0.25, -0.2) is 0 Å². The average Bonchev–Trinajstić information content (AvgIpc) is 2.50. The van der Waals surface area contributed by atoms with Crippen LogP contribution in [0.25, 0.3) is 0 Å². The zero-order chi connectivity index (χ0) is 14.4. The molecule has 1 unspecified atom stereocenters. The molecule has 0 aliphatic carbocycles. The molecule has 1 aromatic carbocycles. The van der Waals surface area contributed by atoms with Crippen LogP contribution in [0.2, 0.25) is 0 Å². The Hall–Kier alpha value is -1.26. The van der Waals surface area contributed by atoms with Crippen LogP contribution < -0.4 is 14.8 Å². The van der Waals surface area contributed by atoms with Crippen LogP contribution in [0, 0.1) is 0 Å². The van der Waals surface area contributed by atoms with Gasteiger partial charge in [0.25, 0.3) is 0 Å². The van der Waals surface area contributed by atoms with Crippen molar-refractivity contribution in [1.29, 1.82) is 0 Å². The largest absolute Gasteiger partial charge is 0.486 e. The first kappa shape index (κ1) is 15.1. The molecule has 1 aromatic rings. The number of ether oxygens (including phenoxy) is 2.